The Morgan fingerprint density at radius 1 is 1.30 bits per heavy atom. The summed E-state index contributed by atoms with van der Waals surface area (Å²) in [5.41, 5.74) is 0. The van der Waals surface area contributed by atoms with Gasteiger partial charge in [0.25, 0.3) is 0 Å². The van der Waals surface area contributed by atoms with Gasteiger partial charge in [-0.15, -0.1) is 0 Å². The highest BCUT2D eigenvalue weighted by Crippen LogP contribution is 1.74. The fourth-order valence-electron chi connectivity index (χ4n) is 0. The van der Waals surface area contributed by atoms with Crippen LogP contribution in [0.2, 0.25) is 0 Å². The van der Waals surface area contributed by atoms with Crippen molar-refractivity contribution in [3.8, 4) is 0 Å². The van der Waals surface area contributed by atoms with Crippen molar-refractivity contribution in [2.75, 3.05) is 20.3 Å². The minimum atomic E-state index is -4.16. The summed E-state index contributed by atoms with van der Waals surface area (Å²) in [5.74, 6) is 0. The van der Waals surface area contributed by atoms with E-state index in [-0.39, 0.29) is 13.2 Å². The summed E-state index contributed by atoms with van der Waals surface area (Å²) in [5, 5.41) is 15.2. The van der Waals surface area contributed by atoms with Gasteiger partial charge in [0.2, 0.25) is 0 Å². The lowest BCUT2D eigenvalue weighted by Crippen LogP contribution is -1.96. The van der Waals surface area contributed by atoms with E-state index in [0.29, 0.717) is 0 Å². The third-order valence-electron chi connectivity index (χ3n) is 0.311. The zero-order chi connectivity index (χ0) is 8.62. The fraction of sp³-hybridized carbons (Fsp3) is 1.00. The molecule has 0 aromatic carbocycles. The van der Waals surface area contributed by atoms with Crippen LogP contribution in [0.25, 0.3) is 0 Å². The standard InChI is InChI=1S/C2H6O2.CH4O4S/c3-1-2-4;1-5-6(2,3)4/h3-4H,1-2H2;1H3,(H,2,3,4). The molecule has 0 aliphatic rings. The molecule has 0 saturated carbocycles. The van der Waals surface area contributed by atoms with Gasteiger partial charge in [-0.25, -0.2) is 0 Å². The summed E-state index contributed by atoms with van der Waals surface area (Å²) in [4.78, 5) is 0. The molecule has 0 bridgehead atoms. The van der Waals surface area contributed by atoms with Crippen molar-refractivity contribution in [2.24, 2.45) is 0 Å². The lowest BCUT2D eigenvalue weighted by atomic mass is 10.8. The van der Waals surface area contributed by atoms with Crippen molar-refractivity contribution in [2.45, 2.75) is 0 Å². The van der Waals surface area contributed by atoms with E-state index < -0.39 is 10.4 Å². The molecule has 0 heterocycles. The minimum absolute atomic E-state index is 0.125. The maximum atomic E-state index is 9.33. The molecule has 0 spiro atoms. The average Bonchev–Trinajstić information content (AvgIpc) is 1.87. The Hall–Kier alpha value is -0.210. The van der Waals surface area contributed by atoms with Crippen LogP contribution >= 0.6 is 0 Å². The number of hydrogen-bond donors (Lipinski definition) is 3. The van der Waals surface area contributed by atoms with Gasteiger partial charge >= 0.3 is 10.4 Å². The van der Waals surface area contributed by atoms with Crippen molar-refractivity contribution >= 4 is 10.4 Å². The summed E-state index contributed by atoms with van der Waals surface area (Å²) in [7, 11) is -3.29. The minimum Gasteiger partial charge on any atom is -0.394 e. The third-order valence-corrected chi connectivity index (χ3v) is 0.732. The smallest absolute Gasteiger partial charge is 0.394 e. The van der Waals surface area contributed by atoms with Gasteiger partial charge in [0, 0.05) is 0 Å². The van der Waals surface area contributed by atoms with Gasteiger partial charge in [0.05, 0.1) is 20.3 Å². The van der Waals surface area contributed by atoms with E-state index in [2.05, 4.69) is 4.18 Å². The predicted octanol–water partition coefficient (Wildman–Crippen LogP) is -1.59. The fourth-order valence-corrected chi connectivity index (χ4v) is 0. The van der Waals surface area contributed by atoms with Crippen molar-refractivity contribution in [1.82, 2.24) is 0 Å². The zero-order valence-electron chi connectivity index (χ0n) is 5.39. The van der Waals surface area contributed by atoms with E-state index in [4.69, 9.17) is 14.8 Å². The van der Waals surface area contributed by atoms with Gasteiger partial charge in [-0.1, -0.05) is 0 Å². The molecule has 64 valence electrons. The van der Waals surface area contributed by atoms with E-state index in [9.17, 15) is 8.42 Å². The topological polar surface area (TPSA) is 104 Å². The van der Waals surface area contributed by atoms with Crippen LogP contribution < -0.4 is 0 Å². The number of aliphatic hydroxyl groups excluding tert-OH is 2. The second-order valence-electron chi connectivity index (χ2n) is 1.04. The van der Waals surface area contributed by atoms with Crippen molar-refractivity contribution in [1.29, 1.82) is 0 Å². The molecular formula is C3H10O6S. The van der Waals surface area contributed by atoms with Crippen molar-refractivity contribution < 1.29 is 27.4 Å². The molecule has 0 aromatic heterocycles. The molecule has 0 fully saturated rings. The van der Waals surface area contributed by atoms with Crippen LogP contribution in [0.5, 0.6) is 0 Å². The molecule has 0 amide bonds. The molecule has 0 radical (unpaired) electrons. The van der Waals surface area contributed by atoms with Gasteiger partial charge in [0.15, 0.2) is 0 Å². The Labute approximate surface area is 59.0 Å². The molecule has 0 unspecified atom stereocenters. The first-order chi connectivity index (χ1) is 4.47. The van der Waals surface area contributed by atoms with Crippen LogP contribution in [0.15, 0.2) is 0 Å². The van der Waals surface area contributed by atoms with Gasteiger partial charge in [0.1, 0.15) is 0 Å². The molecule has 0 aromatic rings. The summed E-state index contributed by atoms with van der Waals surface area (Å²) < 4.78 is 29.7. The maximum absolute atomic E-state index is 9.33. The second-order valence-corrected chi connectivity index (χ2v) is 2.23. The summed E-state index contributed by atoms with van der Waals surface area (Å²) in [6, 6.07) is 0. The first kappa shape index (κ1) is 12.5. The Kier molecular flexibility index (Phi) is 8.61. The van der Waals surface area contributed by atoms with E-state index in [1.54, 1.807) is 0 Å². The lowest BCUT2D eigenvalue weighted by Gasteiger charge is -1.82. The summed E-state index contributed by atoms with van der Waals surface area (Å²) >= 11 is 0. The third kappa shape index (κ3) is 25.0. The molecule has 0 aliphatic heterocycles. The van der Waals surface area contributed by atoms with Gasteiger partial charge in [-0.3, -0.25) is 8.74 Å². The van der Waals surface area contributed by atoms with Crippen molar-refractivity contribution in [3.05, 3.63) is 0 Å². The van der Waals surface area contributed by atoms with Crippen LogP contribution in [0.4, 0.5) is 0 Å². The largest absolute Gasteiger partial charge is 0.397 e. The van der Waals surface area contributed by atoms with E-state index >= 15 is 0 Å². The van der Waals surface area contributed by atoms with Gasteiger partial charge < -0.3 is 10.2 Å². The quantitative estimate of drug-likeness (QED) is 0.436. The maximum Gasteiger partial charge on any atom is 0.397 e. The molecule has 3 N–H and O–H groups in total. The van der Waals surface area contributed by atoms with E-state index in [1.807, 2.05) is 0 Å². The number of hydrogen-bond acceptors (Lipinski definition) is 5. The zero-order valence-corrected chi connectivity index (χ0v) is 6.21. The molecule has 0 rings (SSSR count). The number of rotatable bonds is 2. The predicted molar refractivity (Wildman–Crippen MR) is 32.7 cm³/mol. The van der Waals surface area contributed by atoms with Crippen LogP contribution in [0, 0.1) is 0 Å². The Morgan fingerprint density at radius 2 is 1.50 bits per heavy atom. The lowest BCUT2D eigenvalue weighted by molar-refractivity contribution is 0.186. The summed E-state index contributed by atoms with van der Waals surface area (Å²) in [6.07, 6.45) is 0. The van der Waals surface area contributed by atoms with Gasteiger partial charge in [-0.05, 0) is 0 Å². The molecule has 10 heavy (non-hydrogen) atoms. The summed E-state index contributed by atoms with van der Waals surface area (Å²) in [6.45, 7) is -0.250. The van der Waals surface area contributed by atoms with E-state index in [0.717, 1.165) is 7.11 Å². The second kappa shape index (κ2) is 6.90. The highest BCUT2D eigenvalue weighted by atomic mass is 32.3. The van der Waals surface area contributed by atoms with Crippen molar-refractivity contribution in [3.63, 3.8) is 0 Å². The molecule has 7 heteroatoms. The molecule has 0 atom stereocenters. The molecule has 6 nitrogen and oxygen atoms in total. The molecule has 0 aliphatic carbocycles. The Balaban J connectivity index is 0. The first-order valence-electron chi connectivity index (χ1n) is 2.22. The number of aliphatic hydroxyl groups is 2. The Bertz CT molecular complexity index is 135. The highest BCUT2D eigenvalue weighted by molar-refractivity contribution is 7.80. The molecule has 0 saturated heterocycles. The monoisotopic (exact) mass is 174 g/mol. The first-order valence-corrected chi connectivity index (χ1v) is 3.59. The highest BCUT2D eigenvalue weighted by Gasteiger charge is 1.93. The van der Waals surface area contributed by atoms with E-state index in [1.165, 1.54) is 0 Å². The van der Waals surface area contributed by atoms with Crippen LogP contribution in [0.1, 0.15) is 0 Å². The van der Waals surface area contributed by atoms with Crippen LogP contribution in [-0.4, -0.2) is 43.5 Å². The molecular weight excluding hydrogens is 164 g/mol. The SMILES string of the molecule is COS(=O)(=O)O.OCCO. The normalized spacial score (nSPS) is 10.0. The van der Waals surface area contributed by atoms with Crippen LogP contribution in [0.3, 0.4) is 0 Å². The average molecular weight is 174 g/mol. The van der Waals surface area contributed by atoms with Crippen LogP contribution in [-0.2, 0) is 14.6 Å². The van der Waals surface area contributed by atoms with Gasteiger partial charge in [-0.2, -0.15) is 8.42 Å². The Morgan fingerprint density at radius 3 is 1.50 bits per heavy atom.